The number of benzene rings is 2. The quantitative estimate of drug-likeness (QED) is 0.258. The van der Waals surface area contributed by atoms with E-state index in [9.17, 15) is 14.7 Å². The molecule has 1 fully saturated rings. The van der Waals surface area contributed by atoms with Crippen LogP contribution in [0.2, 0.25) is 0 Å². The molecule has 0 saturated carbocycles. The van der Waals surface area contributed by atoms with Gasteiger partial charge in [0.2, 0.25) is 0 Å². The molecule has 2 atom stereocenters. The fraction of sp³-hybridized carbons (Fsp3) is 0.407. The minimum absolute atomic E-state index is 0.0622. The summed E-state index contributed by atoms with van der Waals surface area (Å²) in [5, 5.41) is 11.3. The van der Waals surface area contributed by atoms with Crippen molar-refractivity contribution in [3.05, 3.63) is 64.7 Å². The van der Waals surface area contributed by atoms with Crippen LogP contribution < -0.4 is 9.47 Å². The van der Waals surface area contributed by atoms with Crippen molar-refractivity contribution in [2.75, 3.05) is 26.9 Å². The maximum atomic E-state index is 13.2. The largest absolute Gasteiger partial charge is 0.507 e. The summed E-state index contributed by atoms with van der Waals surface area (Å²) in [6.07, 6.45) is 2.26. The Balaban J connectivity index is 1.75. The van der Waals surface area contributed by atoms with E-state index in [1.807, 2.05) is 44.2 Å². The highest BCUT2D eigenvalue weighted by atomic mass is 16.5. The second kappa shape index (κ2) is 10.3. The summed E-state index contributed by atoms with van der Waals surface area (Å²) in [4.78, 5) is 27.7. The second-order valence-corrected chi connectivity index (χ2v) is 8.71. The number of ketones is 1. The minimum Gasteiger partial charge on any atom is -0.507 e. The fourth-order valence-electron chi connectivity index (χ4n) is 4.53. The van der Waals surface area contributed by atoms with Crippen molar-refractivity contribution in [2.45, 2.75) is 45.3 Å². The number of methoxy groups -OCH3 is 1. The van der Waals surface area contributed by atoms with E-state index in [-0.39, 0.29) is 17.4 Å². The van der Waals surface area contributed by atoms with Gasteiger partial charge in [0.25, 0.3) is 11.7 Å². The van der Waals surface area contributed by atoms with E-state index in [1.54, 1.807) is 19.2 Å². The number of carbonyl (C=O) groups is 2. The van der Waals surface area contributed by atoms with Crippen LogP contribution >= 0.6 is 0 Å². The highest BCUT2D eigenvalue weighted by Crippen LogP contribution is 2.41. The molecule has 0 spiro atoms. The van der Waals surface area contributed by atoms with Crippen LogP contribution in [0.1, 0.15) is 49.4 Å². The van der Waals surface area contributed by atoms with Crippen LogP contribution in [0.4, 0.5) is 0 Å². The Labute approximate surface area is 199 Å². The molecule has 1 saturated heterocycles. The number of aliphatic hydroxyl groups is 1. The van der Waals surface area contributed by atoms with E-state index >= 15 is 0 Å². The highest BCUT2D eigenvalue weighted by molar-refractivity contribution is 6.46. The first-order valence-electron chi connectivity index (χ1n) is 11.7. The van der Waals surface area contributed by atoms with Gasteiger partial charge < -0.3 is 24.2 Å². The summed E-state index contributed by atoms with van der Waals surface area (Å²) in [5.41, 5.74) is 2.30. The number of likely N-dealkylation sites (tertiary alicyclic amines) is 1. The van der Waals surface area contributed by atoms with E-state index in [1.165, 1.54) is 4.90 Å². The zero-order chi connectivity index (χ0) is 24.2. The third kappa shape index (κ3) is 4.66. The molecule has 2 aliphatic heterocycles. The maximum absolute atomic E-state index is 13.2. The van der Waals surface area contributed by atoms with E-state index in [0.717, 1.165) is 35.5 Å². The van der Waals surface area contributed by atoms with Gasteiger partial charge in [0.1, 0.15) is 23.4 Å². The normalized spacial score (nSPS) is 21.0. The second-order valence-electron chi connectivity index (χ2n) is 8.71. The number of ether oxygens (including phenoxy) is 3. The molecule has 4 rings (SSSR count). The van der Waals surface area contributed by atoms with Gasteiger partial charge in [0.15, 0.2) is 0 Å². The van der Waals surface area contributed by atoms with Gasteiger partial charge in [-0.25, -0.2) is 0 Å². The average Bonchev–Trinajstić information content (AvgIpc) is 3.33. The van der Waals surface area contributed by atoms with Crippen molar-refractivity contribution in [3.63, 3.8) is 0 Å². The van der Waals surface area contributed by atoms with Crippen LogP contribution in [0, 0.1) is 0 Å². The third-order valence-electron chi connectivity index (χ3n) is 6.13. The number of fused-ring (bicyclic) bond motifs is 1. The van der Waals surface area contributed by atoms with Crippen molar-refractivity contribution in [1.82, 2.24) is 4.90 Å². The van der Waals surface area contributed by atoms with E-state index < -0.39 is 17.7 Å². The number of rotatable bonds is 9. The summed E-state index contributed by atoms with van der Waals surface area (Å²) >= 11 is 0. The van der Waals surface area contributed by atoms with Crippen LogP contribution in [0.5, 0.6) is 11.5 Å². The monoisotopic (exact) mass is 465 g/mol. The van der Waals surface area contributed by atoms with Crippen LogP contribution in [-0.2, 0) is 20.7 Å². The van der Waals surface area contributed by atoms with Crippen molar-refractivity contribution >= 4 is 17.4 Å². The van der Waals surface area contributed by atoms with Crippen LogP contribution in [0.25, 0.3) is 5.76 Å². The topological polar surface area (TPSA) is 85.3 Å². The zero-order valence-corrected chi connectivity index (χ0v) is 19.9. The Morgan fingerprint density at radius 2 is 1.91 bits per heavy atom. The minimum atomic E-state index is -0.694. The van der Waals surface area contributed by atoms with Gasteiger partial charge in [-0.3, -0.25) is 9.59 Å². The number of nitrogens with zero attached hydrogens (tertiary/aromatic N) is 1. The molecule has 2 aromatic rings. The summed E-state index contributed by atoms with van der Waals surface area (Å²) in [6, 6.07) is 12.0. The lowest BCUT2D eigenvalue weighted by Gasteiger charge is -2.25. The molecule has 2 heterocycles. The molecule has 7 heteroatoms. The Kier molecular flexibility index (Phi) is 7.22. The lowest BCUT2D eigenvalue weighted by molar-refractivity contribution is -0.140. The van der Waals surface area contributed by atoms with Gasteiger partial charge >= 0.3 is 0 Å². The first kappa shape index (κ1) is 23.8. The van der Waals surface area contributed by atoms with Gasteiger partial charge in [-0.1, -0.05) is 19.1 Å². The molecule has 7 nitrogen and oxygen atoms in total. The number of hydrogen-bond acceptors (Lipinski definition) is 6. The molecular weight excluding hydrogens is 434 g/mol. The Bertz CT molecular complexity index is 1090. The van der Waals surface area contributed by atoms with Gasteiger partial charge in [-0.05, 0) is 61.2 Å². The Morgan fingerprint density at radius 1 is 1.15 bits per heavy atom. The van der Waals surface area contributed by atoms with Crippen molar-refractivity contribution in [3.8, 4) is 11.5 Å². The molecule has 0 radical (unpaired) electrons. The summed E-state index contributed by atoms with van der Waals surface area (Å²) in [6.45, 7) is 5.42. The summed E-state index contributed by atoms with van der Waals surface area (Å²) in [5.74, 6) is 0.0210. The van der Waals surface area contributed by atoms with E-state index in [2.05, 4.69) is 0 Å². The first-order valence-corrected chi connectivity index (χ1v) is 11.7. The van der Waals surface area contributed by atoms with E-state index in [4.69, 9.17) is 14.2 Å². The number of aliphatic hydroxyl groups excluding tert-OH is 1. The molecule has 2 aromatic carbocycles. The van der Waals surface area contributed by atoms with Crippen molar-refractivity contribution < 1.29 is 28.9 Å². The molecule has 0 aliphatic carbocycles. The average molecular weight is 466 g/mol. The van der Waals surface area contributed by atoms with Gasteiger partial charge in [-0.15, -0.1) is 0 Å². The predicted octanol–water partition coefficient (Wildman–Crippen LogP) is 4.26. The number of carbonyl (C=O) groups excluding carboxylic acids is 2. The van der Waals surface area contributed by atoms with Crippen LogP contribution in [0.15, 0.2) is 48.0 Å². The van der Waals surface area contributed by atoms with Gasteiger partial charge in [-0.2, -0.15) is 0 Å². The molecule has 2 aliphatic rings. The van der Waals surface area contributed by atoms with Crippen LogP contribution in [0.3, 0.4) is 0 Å². The van der Waals surface area contributed by atoms with Gasteiger partial charge in [0, 0.05) is 32.2 Å². The first-order chi connectivity index (χ1) is 16.4. The molecule has 1 amide bonds. The highest BCUT2D eigenvalue weighted by Gasteiger charge is 2.45. The molecule has 0 aromatic heterocycles. The molecule has 1 N–H and O–H groups in total. The Hall–Kier alpha value is -3.32. The van der Waals surface area contributed by atoms with Gasteiger partial charge in [0.05, 0.1) is 18.2 Å². The van der Waals surface area contributed by atoms with Crippen LogP contribution in [-0.4, -0.2) is 54.7 Å². The molecular formula is C27H31NO6. The number of hydrogen-bond donors (Lipinski definition) is 1. The lowest BCUT2D eigenvalue weighted by atomic mass is 9.94. The smallest absolute Gasteiger partial charge is 0.295 e. The molecule has 34 heavy (non-hydrogen) atoms. The van der Waals surface area contributed by atoms with E-state index in [0.29, 0.717) is 31.7 Å². The lowest BCUT2D eigenvalue weighted by Crippen LogP contribution is -2.31. The molecule has 2 unspecified atom stereocenters. The SMILES string of the molecule is CCCOc1ccc(C2/C(=C(/O)c3ccc4c(c3)CC(C)O4)C(=O)C(=O)N2CCCOC)cc1. The summed E-state index contributed by atoms with van der Waals surface area (Å²) < 4.78 is 16.6. The third-order valence-corrected chi connectivity index (χ3v) is 6.13. The Morgan fingerprint density at radius 3 is 2.62 bits per heavy atom. The number of amides is 1. The summed E-state index contributed by atoms with van der Waals surface area (Å²) in [7, 11) is 1.60. The zero-order valence-electron chi connectivity index (χ0n) is 19.9. The van der Waals surface area contributed by atoms with Crippen molar-refractivity contribution in [2.24, 2.45) is 0 Å². The predicted molar refractivity (Wildman–Crippen MR) is 128 cm³/mol. The maximum Gasteiger partial charge on any atom is 0.295 e. The number of Topliss-reactive ketones (excluding diaryl/α,β-unsaturated/α-hetero) is 1. The molecule has 180 valence electrons. The van der Waals surface area contributed by atoms with Crippen molar-refractivity contribution in [1.29, 1.82) is 0 Å². The standard InChI is InChI=1S/C27H31NO6/c1-4-13-33-21-9-6-18(7-10-21)24-23(26(30)27(31)28(24)12-5-14-32-3)25(29)19-8-11-22-20(16-19)15-17(2)34-22/h6-11,16-17,24,29H,4-5,12-15H2,1-3H3/b25-23-. The molecule has 0 bridgehead atoms. The fourth-order valence-corrected chi connectivity index (χ4v) is 4.53.